The third-order valence-electron chi connectivity index (χ3n) is 3.78. The first-order chi connectivity index (χ1) is 9.94. The van der Waals surface area contributed by atoms with Crippen LogP contribution < -0.4 is 10.2 Å². The molecule has 1 N–H and O–H groups in total. The lowest BCUT2D eigenvalue weighted by Crippen LogP contribution is -2.34. The number of fused-ring (bicyclic) bond motifs is 1. The van der Waals surface area contributed by atoms with Crippen molar-refractivity contribution in [2.75, 3.05) is 11.4 Å². The Morgan fingerprint density at radius 1 is 1.29 bits per heavy atom. The van der Waals surface area contributed by atoms with Gasteiger partial charge in [0.1, 0.15) is 0 Å². The van der Waals surface area contributed by atoms with Gasteiger partial charge in [0.2, 0.25) is 0 Å². The molecule has 1 aliphatic rings. The predicted octanol–water partition coefficient (Wildman–Crippen LogP) is 4.03. The minimum atomic E-state index is 0.136. The van der Waals surface area contributed by atoms with Crippen molar-refractivity contribution in [2.24, 2.45) is 0 Å². The van der Waals surface area contributed by atoms with Gasteiger partial charge < -0.3 is 10.2 Å². The summed E-state index contributed by atoms with van der Waals surface area (Å²) in [6.45, 7) is 10.6. The zero-order valence-corrected chi connectivity index (χ0v) is 14.0. The normalized spacial score (nSPS) is 14.6. The second-order valence-electron chi connectivity index (χ2n) is 6.64. The van der Waals surface area contributed by atoms with Crippen molar-refractivity contribution < 1.29 is 0 Å². The largest absolute Gasteiger partial charge is 0.317 e. The average molecular weight is 301 g/mol. The Balaban J connectivity index is 1.82. The van der Waals surface area contributed by atoms with Gasteiger partial charge in [0.15, 0.2) is 5.13 Å². The van der Waals surface area contributed by atoms with E-state index in [-0.39, 0.29) is 5.54 Å². The molecule has 3 nitrogen and oxygen atoms in total. The number of hydrogen-bond donors (Lipinski definition) is 1. The van der Waals surface area contributed by atoms with Gasteiger partial charge in [-0.15, -0.1) is 0 Å². The highest BCUT2D eigenvalue weighted by Gasteiger charge is 2.23. The summed E-state index contributed by atoms with van der Waals surface area (Å²) >= 11 is 1.81. The van der Waals surface area contributed by atoms with Gasteiger partial charge in [-0.05, 0) is 45.7 Å². The molecule has 0 saturated carbocycles. The van der Waals surface area contributed by atoms with Crippen molar-refractivity contribution in [1.29, 1.82) is 0 Å². The lowest BCUT2D eigenvalue weighted by molar-refractivity contribution is 0.425. The van der Waals surface area contributed by atoms with Crippen LogP contribution in [-0.4, -0.2) is 17.1 Å². The van der Waals surface area contributed by atoms with Crippen LogP contribution in [0.2, 0.25) is 0 Å². The van der Waals surface area contributed by atoms with Crippen LogP contribution in [0.4, 0.5) is 10.8 Å². The monoisotopic (exact) mass is 301 g/mol. The Labute approximate surface area is 131 Å². The van der Waals surface area contributed by atoms with Gasteiger partial charge in [-0.3, -0.25) is 0 Å². The van der Waals surface area contributed by atoms with Gasteiger partial charge >= 0.3 is 0 Å². The molecular formula is C17H23N3S. The first kappa shape index (κ1) is 14.5. The zero-order valence-electron chi connectivity index (χ0n) is 13.2. The van der Waals surface area contributed by atoms with E-state index >= 15 is 0 Å². The number of para-hydroxylation sites is 1. The minimum Gasteiger partial charge on any atom is -0.317 e. The summed E-state index contributed by atoms with van der Waals surface area (Å²) in [7, 11) is 0. The second-order valence-corrected chi connectivity index (χ2v) is 7.70. The number of benzene rings is 1. The van der Waals surface area contributed by atoms with Crippen LogP contribution in [0.15, 0.2) is 24.3 Å². The Bertz CT molecular complexity index is 640. The fourth-order valence-electron chi connectivity index (χ4n) is 2.57. The van der Waals surface area contributed by atoms with E-state index in [4.69, 9.17) is 4.98 Å². The number of aromatic nitrogens is 1. The quantitative estimate of drug-likeness (QED) is 0.927. The van der Waals surface area contributed by atoms with Gasteiger partial charge in [0.05, 0.1) is 5.69 Å². The van der Waals surface area contributed by atoms with Gasteiger partial charge in [0, 0.05) is 29.2 Å². The SMILES string of the molecule is Cc1nc(N2CCc3ccccc32)sc1CNC(C)(C)C. The fourth-order valence-corrected chi connectivity index (χ4v) is 3.62. The smallest absolute Gasteiger partial charge is 0.190 e. The Morgan fingerprint density at radius 2 is 2.05 bits per heavy atom. The Kier molecular flexibility index (Phi) is 3.76. The molecule has 0 unspecified atom stereocenters. The third kappa shape index (κ3) is 3.11. The first-order valence-corrected chi connectivity index (χ1v) is 8.32. The molecule has 4 heteroatoms. The molecule has 0 saturated heterocycles. The summed E-state index contributed by atoms with van der Waals surface area (Å²) in [5, 5.41) is 4.68. The molecule has 0 spiro atoms. The summed E-state index contributed by atoms with van der Waals surface area (Å²) in [4.78, 5) is 8.49. The van der Waals surface area contributed by atoms with Crippen LogP contribution in [0.3, 0.4) is 0 Å². The molecule has 112 valence electrons. The number of nitrogens with one attached hydrogen (secondary N) is 1. The maximum absolute atomic E-state index is 4.80. The maximum atomic E-state index is 4.80. The molecule has 1 aromatic carbocycles. The van der Waals surface area contributed by atoms with Gasteiger partial charge in [-0.1, -0.05) is 29.5 Å². The summed E-state index contributed by atoms with van der Waals surface area (Å²) in [6.07, 6.45) is 1.12. The fraction of sp³-hybridized carbons (Fsp3) is 0.471. The minimum absolute atomic E-state index is 0.136. The Morgan fingerprint density at radius 3 is 2.81 bits per heavy atom. The van der Waals surface area contributed by atoms with E-state index in [2.05, 4.69) is 62.2 Å². The lowest BCUT2D eigenvalue weighted by Gasteiger charge is -2.20. The van der Waals surface area contributed by atoms with Crippen LogP contribution in [0, 0.1) is 6.92 Å². The van der Waals surface area contributed by atoms with Crippen LogP contribution in [-0.2, 0) is 13.0 Å². The number of thiazole rings is 1. The predicted molar refractivity (Wildman–Crippen MR) is 90.6 cm³/mol. The molecule has 3 rings (SSSR count). The summed E-state index contributed by atoms with van der Waals surface area (Å²) in [5.74, 6) is 0. The molecule has 2 aromatic rings. The van der Waals surface area contributed by atoms with E-state index in [1.165, 1.54) is 16.1 Å². The van der Waals surface area contributed by atoms with Gasteiger partial charge in [-0.2, -0.15) is 0 Å². The molecule has 2 heterocycles. The van der Waals surface area contributed by atoms with Crippen LogP contribution in [0.1, 0.15) is 36.9 Å². The third-order valence-corrected chi connectivity index (χ3v) is 4.96. The van der Waals surface area contributed by atoms with Crippen molar-refractivity contribution in [2.45, 2.75) is 46.2 Å². The Hall–Kier alpha value is -1.39. The topological polar surface area (TPSA) is 28.2 Å². The zero-order chi connectivity index (χ0) is 15.0. The van der Waals surface area contributed by atoms with Crippen molar-refractivity contribution in [3.63, 3.8) is 0 Å². The molecule has 0 atom stereocenters. The van der Waals surface area contributed by atoms with E-state index in [0.29, 0.717) is 0 Å². The molecule has 0 radical (unpaired) electrons. The molecular weight excluding hydrogens is 278 g/mol. The van der Waals surface area contributed by atoms with Crippen molar-refractivity contribution in [3.8, 4) is 0 Å². The number of anilines is 2. The molecule has 0 bridgehead atoms. The van der Waals surface area contributed by atoms with Crippen molar-refractivity contribution in [3.05, 3.63) is 40.4 Å². The highest BCUT2D eigenvalue weighted by Crippen LogP contribution is 2.37. The number of hydrogen-bond acceptors (Lipinski definition) is 4. The molecule has 1 aromatic heterocycles. The lowest BCUT2D eigenvalue weighted by atomic mass is 10.1. The van der Waals surface area contributed by atoms with E-state index < -0.39 is 0 Å². The molecule has 0 fully saturated rings. The second kappa shape index (κ2) is 5.43. The molecule has 1 aliphatic heterocycles. The van der Waals surface area contributed by atoms with E-state index in [1.807, 2.05) is 11.3 Å². The standard InChI is InChI=1S/C17H23N3S/c1-12-15(11-18-17(2,3)4)21-16(19-12)20-10-9-13-7-5-6-8-14(13)20/h5-8,18H,9-11H2,1-4H3. The number of rotatable bonds is 3. The average Bonchev–Trinajstić information content (AvgIpc) is 2.99. The highest BCUT2D eigenvalue weighted by molar-refractivity contribution is 7.15. The maximum Gasteiger partial charge on any atom is 0.190 e. The van der Waals surface area contributed by atoms with Crippen molar-refractivity contribution >= 4 is 22.2 Å². The van der Waals surface area contributed by atoms with Crippen LogP contribution in [0.5, 0.6) is 0 Å². The van der Waals surface area contributed by atoms with E-state index in [0.717, 1.165) is 30.3 Å². The van der Waals surface area contributed by atoms with Gasteiger partial charge in [-0.25, -0.2) is 4.98 Å². The van der Waals surface area contributed by atoms with E-state index in [1.54, 1.807) is 0 Å². The first-order valence-electron chi connectivity index (χ1n) is 7.51. The molecule has 21 heavy (non-hydrogen) atoms. The van der Waals surface area contributed by atoms with Gasteiger partial charge in [0.25, 0.3) is 0 Å². The molecule has 0 aliphatic carbocycles. The highest BCUT2D eigenvalue weighted by atomic mass is 32.1. The summed E-state index contributed by atoms with van der Waals surface area (Å²) in [6, 6.07) is 8.65. The van der Waals surface area contributed by atoms with Crippen LogP contribution >= 0.6 is 11.3 Å². The number of aryl methyl sites for hydroxylation is 1. The summed E-state index contributed by atoms with van der Waals surface area (Å²) < 4.78 is 0. The van der Waals surface area contributed by atoms with E-state index in [9.17, 15) is 0 Å². The summed E-state index contributed by atoms with van der Waals surface area (Å²) in [5.41, 5.74) is 4.04. The van der Waals surface area contributed by atoms with Crippen LogP contribution in [0.25, 0.3) is 0 Å². The number of nitrogens with zero attached hydrogens (tertiary/aromatic N) is 2. The van der Waals surface area contributed by atoms with Crippen molar-refractivity contribution in [1.82, 2.24) is 10.3 Å². The molecule has 0 amide bonds.